The Morgan fingerprint density at radius 1 is 1.47 bits per heavy atom. The fraction of sp³-hybridized carbons (Fsp3) is 0.571. The lowest BCUT2D eigenvalue weighted by Crippen LogP contribution is -2.37. The Labute approximate surface area is 112 Å². The minimum absolute atomic E-state index is 0.0115. The molecule has 5 heteroatoms. The van der Waals surface area contributed by atoms with Gasteiger partial charge in [0.05, 0.1) is 12.2 Å². The molecule has 0 aliphatic heterocycles. The predicted octanol–water partition coefficient (Wildman–Crippen LogP) is 1.83. The van der Waals surface area contributed by atoms with Crippen molar-refractivity contribution in [1.82, 2.24) is 5.32 Å². The standard InChI is InChI=1S/C14H19NO4/c1-9(7-12-3-2-6-19-12)15-13(16)10-4-5-11(8-10)14(17)18/h2-3,6,9-11H,4-5,7-8H2,1H3,(H,15,16)(H,17,18). The maximum Gasteiger partial charge on any atom is 0.306 e. The molecule has 5 nitrogen and oxygen atoms in total. The molecule has 1 aliphatic carbocycles. The van der Waals surface area contributed by atoms with E-state index in [0.29, 0.717) is 25.7 Å². The largest absolute Gasteiger partial charge is 0.481 e. The molecule has 1 aromatic rings. The predicted molar refractivity (Wildman–Crippen MR) is 68.5 cm³/mol. The number of nitrogens with one attached hydrogen (secondary N) is 1. The number of carbonyl (C=O) groups is 2. The first kappa shape index (κ1) is 13.6. The lowest BCUT2D eigenvalue weighted by Gasteiger charge is -2.16. The average molecular weight is 265 g/mol. The van der Waals surface area contributed by atoms with Gasteiger partial charge < -0.3 is 14.8 Å². The zero-order valence-corrected chi connectivity index (χ0v) is 11.0. The van der Waals surface area contributed by atoms with Crippen molar-refractivity contribution >= 4 is 11.9 Å². The lowest BCUT2D eigenvalue weighted by molar-refractivity contribution is -0.141. The number of carboxylic acid groups (broad SMARTS) is 1. The summed E-state index contributed by atoms with van der Waals surface area (Å²) < 4.78 is 5.23. The van der Waals surface area contributed by atoms with E-state index >= 15 is 0 Å². The van der Waals surface area contributed by atoms with Crippen molar-refractivity contribution in [2.75, 3.05) is 0 Å². The van der Waals surface area contributed by atoms with Gasteiger partial charge in [0.15, 0.2) is 0 Å². The molecule has 1 aliphatic rings. The first-order valence-electron chi connectivity index (χ1n) is 6.62. The smallest absolute Gasteiger partial charge is 0.306 e. The molecular weight excluding hydrogens is 246 g/mol. The van der Waals surface area contributed by atoms with Crippen LogP contribution < -0.4 is 5.32 Å². The SMILES string of the molecule is CC(Cc1ccco1)NC(=O)C1CCC(C(=O)O)C1. The summed E-state index contributed by atoms with van der Waals surface area (Å²) in [5, 5.41) is 11.8. The van der Waals surface area contributed by atoms with Gasteiger partial charge >= 0.3 is 5.97 Å². The summed E-state index contributed by atoms with van der Waals surface area (Å²) in [6.45, 7) is 1.92. The molecule has 1 aromatic heterocycles. The van der Waals surface area contributed by atoms with Gasteiger partial charge in [-0.2, -0.15) is 0 Å². The molecule has 104 valence electrons. The van der Waals surface area contributed by atoms with Crippen LogP contribution in [0.1, 0.15) is 31.9 Å². The van der Waals surface area contributed by atoms with Crippen LogP contribution in [0.25, 0.3) is 0 Å². The van der Waals surface area contributed by atoms with Gasteiger partial charge in [-0.15, -0.1) is 0 Å². The summed E-state index contributed by atoms with van der Waals surface area (Å²) in [5.41, 5.74) is 0. The van der Waals surface area contributed by atoms with E-state index in [9.17, 15) is 9.59 Å². The van der Waals surface area contributed by atoms with Gasteiger partial charge in [0.1, 0.15) is 5.76 Å². The van der Waals surface area contributed by atoms with Crippen LogP contribution in [-0.2, 0) is 16.0 Å². The summed E-state index contributed by atoms with van der Waals surface area (Å²) in [5.74, 6) is -0.527. The Bertz CT molecular complexity index is 440. The molecule has 0 saturated heterocycles. The summed E-state index contributed by atoms with van der Waals surface area (Å²) >= 11 is 0. The Hall–Kier alpha value is -1.78. The molecule has 1 saturated carbocycles. The topological polar surface area (TPSA) is 79.5 Å². The lowest BCUT2D eigenvalue weighted by atomic mass is 10.0. The number of aliphatic carboxylic acids is 1. The molecule has 2 N–H and O–H groups in total. The summed E-state index contributed by atoms with van der Waals surface area (Å²) in [6, 6.07) is 3.68. The highest BCUT2D eigenvalue weighted by Crippen LogP contribution is 2.31. The third kappa shape index (κ3) is 3.59. The molecule has 2 rings (SSSR count). The van der Waals surface area contributed by atoms with Gasteiger partial charge in [0.2, 0.25) is 5.91 Å². The van der Waals surface area contributed by atoms with Crippen LogP contribution in [0.4, 0.5) is 0 Å². The van der Waals surface area contributed by atoms with Crippen molar-refractivity contribution in [2.24, 2.45) is 11.8 Å². The van der Waals surface area contributed by atoms with Crippen molar-refractivity contribution in [3.8, 4) is 0 Å². The van der Waals surface area contributed by atoms with Crippen LogP contribution in [0.5, 0.6) is 0 Å². The van der Waals surface area contributed by atoms with Gasteiger partial charge in [0.25, 0.3) is 0 Å². The fourth-order valence-corrected chi connectivity index (χ4v) is 2.59. The maximum absolute atomic E-state index is 12.0. The van der Waals surface area contributed by atoms with Crippen LogP contribution >= 0.6 is 0 Å². The van der Waals surface area contributed by atoms with E-state index in [1.807, 2.05) is 19.1 Å². The molecule has 3 unspecified atom stereocenters. The van der Waals surface area contributed by atoms with Crippen molar-refractivity contribution < 1.29 is 19.1 Å². The molecule has 0 radical (unpaired) electrons. The molecule has 1 heterocycles. The Morgan fingerprint density at radius 3 is 2.79 bits per heavy atom. The quantitative estimate of drug-likeness (QED) is 0.851. The third-order valence-electron chi connectivity index (χ3n) is 3.63. The van der Waals surface area contributed by atoms with E-state index in [4.69, 9.17) is 9.52 Å². The molecule has 0 spiro atoms. The minimum Gasteiger partial charge on any atom is -0.481 e. The van der Waals surface area contributed by atoms with E-state index in [0.717, 1.165) is 5.76 Å². The van der Waals surface area contributed by atoms with Gasteiger partial charge in [-0.05, 0) is 38.3 Å². The first-order chi connectivity index (χ1) is 9.06. The zero-order chi connectivity index (χ0) is 13.8. The molecule has 1 amide bonds. The number of amides is 1. The van der Waals surface area contributed by atoms with Crippen LogP contribution in [0.15, 0.2) is 22.8 Å². The number of furan rings is 1. The second-order valence-corrected chi connectivity index (χ2v) is 5.24. The normalized spacial score (nSPS) is 24.1. The summed E-state index contributed by atoms with van der Waals surface area (Å²) in [7, 11) is 0. The van der Waals surface area contributed by atoms with Crippen molar-refractivity contribution in [2.45, 2.75) is 38.6 Å². The van der Waals surface area contributed by atoms with Crippen LogP contribution in [0, 0.1) is 11.8 Å². The number of carboxylic acids is 1. The zero-order valence-electron chi connectivity index (χ0n) is 11.0. The Morgan fingerprint density at radius 2 is 2.21 bits per heavy atom. The summed E-state index contributed by atoms with van der Waals surface area (Å²) in [4.78, 5) is 22.9. The van der Waals surface area contributed by atoms with Gasteiger partial charge in [-0.1, -0.05) is 0 Å². The van der Waals surface area contributed by atoms with E-state index in [-0.39, 0.29) is 23.8 Å². The molecule has 19 heavy (non-hydrogen) atoms. The highest BCUT2D eigenvalue weighted by molar-refractivity contribution is 5.81. The second-order valence-electron chi connectivity index (χ2n) is 5.24. The number of carbonyl (C=O) groups excluding carboxylic acids is 1. The van der Waals surface area contributed by atoms with E-state index in [1.54, 1.807) is 6.26 Å². The molecule has 0 aromatic carbocycles. The van der Waals surface area contributed by atoms with Crippen LogP contribution in [0.2, 0.25) is 0 Å². The third-order valence-corrected chi connectivity index (χ3v) is 3.63. The molecule has 3 atom stereocenters. The van der Waals surface area contributed by atoms with Crippen LogP contribution in [-0.4, -0.2) is 23.0 Å². The van der Waals surface area contributed by atoms with Crippen LogP contribution in [0.3, 0.4) is 0 Å². The van der Waals surface area contributed by atoms with E-state index in [2.05, 4.69) is 5.32 Å². The number of hydrogen-bond donors (Lipinski definition) is 2. The van der Waals surface area contributed by atoms with Crippen molar-refractivity contribution in [3.05, 3.63) is 24.2 Å². The van der Waals surface area contributed by atoms with Crippen molar-refractivity contribution in [3.63, 3.8) is 0 Å². The maximum atomic E-state index is 12.0. The molecule has 1 fully saturated rings. The first-order valence-corrected chi connectivity index (χ1v) is 6.62. The Kier molecular flexibility index (Phi) is 4.24. The molecular formula is C14H19NO4. The van der Waals surface area contributed by atoms with E-state index in [1.165, 1.54) is 0 Å². The van der Waals surface area contributed by atoms with E-state index < -0.39 is 5.97 Å². The second kappa shape index (κ2) is 5.91. The highest BCUT2D eigenvalue weighted by atomic mass is 16.4. The monoisotopic (exact) mass is 265 g/mol. The van der Waals surface area contributed by atoms with Crippen molar-refractivity contribution in [1.29, 1.82) is 0 Å². The highest BCUT2D eigenvalue weighted by Gasteiger charge is 2.34. The summed E-state index contributed by atoms with van der Waals surface area (Å²) in [6.07, 6.45) is 3.97. The van der Waals surface area contributed by atoms with Gasteiger partial charge in [0, 0.05) is 18.4 Å². The Balaban J connectivity index is 1.79. The number of hydrogen-bond acceptors (Lipinski definition) is 3. The average Bonchev–Trinajstić information content (AvgIpc) is 2.98. The van der Waals surface area contributed by atoms with Gasteiger partial charge in [-0.3, -0.25) is 9.59 Å². The molecule has 0 bridgehead atoms. The minimum atomic E-state index is -0.793. The number of rotatable bonds is 5. The van der Waals surface area contributed by atoms with Gasteiger partial charge in [-0.25, -0.2) is 0 Å². The fourth-order valence-electron chi connectivity index (χ4n) is 2.59.